The summed E-state index contributed by atoms with van der Waals surface area (Å²) in [4.78, 5) is 55.7. The summed E-state index contributed by atoms with van der Waals surface area (Å²) in [6.45, 7) is 34.4. The predicted molar refractivity (Wildman–Crippen MR) is 341 cm³/mol. The lowest BCUT2D eigenvalue weighted by Crippen LogP contribution is -2.49. The SMILES string of the molecule is CCOC(=O)[C@@H](OC(C)(C)C)c1c(C)cc2nc(-c3nc(N4CCN(C(C)C)CC4)cs3)sc2c1-c1ccc(Cl)cc1.Cc1cc2nc(-c3nc(N4CCN(C(C)C)CC4)cs3)sc2c(-c2ccc(Cl)cc2)c1[C@H](OC(C)(C)C)C(=O)O. The Kier molecular flexibility index (Phi) is 19.2. The van der Waals surface area contributed by atoms with Crippen LogP contribution < -0.4 is 9.80 Å². The highest BCUT2D eigenvalue weighted by atomic mass is 35.5. The van der Waals surface area contributed by atoms with Gasteiger partial charge in [-0.2, -0.15) is 0 Å². The minimum Gasteiger partial charge on any atom is -0.479 e. The van der Waals surface area contributed by atoms with Gasteiger partial charge in [-0.15, -0.1) is 45.3 Å². The number of hydrogen-bond acceptors (Lipinski definition) is 17. The molecule has 0 bridgehead atoms. The first-order valence-electron chi connectivity index (χ1n) is 27.9. The number of anilines is 2. The van der Waals surface area contributed by atoms with Crippen molar-refractivity contribution in [3.05, 3.63) is 104 Å². The van der Waals surface area contributed by atoms with Crippen LogP contribution >= 0.6 is 68.5 Å². The van der Waals surface area contributed by atoms with Gasteiger partial charge in [-0.25, -0.2) is 29.5 Å². The zero-order valence-corrected chi connectivity index (χ0v) is 53.8. The number of rotatable bonds is 15. The van der Waals surface area contributed by atoms with Crippen LogP contribution in [0.4, 0.5) is 11.6 Å². The number of thiazole rings is 4. The molecule has 0 aliphatic carbocycles. The highest BCUT2D eigenvalue weighted by Gasteiger charge is 2.36. The van der Waals surface area contributed by atoms with E-state index >= 15 is 0 Å². The van der Waals surface area contributed by atoms with Crippen LogP contribution in [0.15, 0.2) is 71.4 Å². The number of benzene rings is 4. The molecule has 2 fully saturated rings. The summed E-state index contributed by atoms with van der Waals surface area (Å²) >= 11 is 18.9. The number of ether oxygens (including phenoxy) is 3. The molecule has 2 aliphatic heterocycles. The topological polar surface area (TPSA) is 147 Å². The van der Waals surface area contributed by atoms with Crippen LogP contribution in [0, 0.1) is 13.8 Å². The average Bonchev–Trinajstić information content (AvgIpc) is 2.75. The molecule has 4 aromatic carbocycles. The maximum absolute atomic E-state index is 13.4. The van der Waals surface area contributed by atoms with Gasteiger partial charge in [0.2, 0.25) is 0 Å². The molecule has 14 nitrogen and oxygen atoms in total. The standard InChI is InChI=1S/C32H39ClN4O3S2.C30H35ClN4O3S2/c1-8-39-31(38)27(40-32(5,6)7)25-20(4)17-23-28(26(25)21-9-11-22(33)12-10-21)42-30(34-23)29-35-24(18-41-29)37-15-13-36(14-16-37)19(2)3;1-17(2)34-11-13-35(14-12-34)22-16-39-27(33-22)28-32-21-15-18(3)23(25(29(36)37)38-30(4,5)6)24(26(21)40-28)19-7-9-20(31)10-8-19/h9-12,17-19,27H,8,13-16H2,1-7H3;7-10,15-17,25H,11-14H2,1-6H3,(H,36,37)/t27-;25-/m00/s1. The van der Waals surface area contributed by atoms with Gasteiger partial charge in [0.05, 0.1) is 38.2 Å². The molecule has 82 heavy (non-hydrogen) atoms. The zero-order chi connectivity index (χ0) is 58.9. The van der Waals surface area contributed by atoms with Crippen LogP contribution in [0.3, 0.4) is 0 Å². The molecule has 0 spiro atoms. The number of halogens is 2. The zero-order valence-electron chi connectivity index (χ0n) is 49.1. The third kappa shape index (κ3) is 14.2. The lowest BCUT2D eigenvalue weighted by molar-refractivity contribution is -0.166. The number of carboxylic acids is 1. The van der Waals surface area contributed by atoms with E-state index in [-0.39, 0.29) is 6.61 Å². The Hall–Kier alpha value is -5.12. The Labute approximate surface area is 508 Å². The third-order valence-electron chi connectivity index (χ3n) is 14.4. The first kappa shape index (κ1) is 61.4. The molecule has 0 unspecified atom stereocenters. The lowest BCUT2D eigenvalue weighted by Gasteiger charge is -2.37. The van der Waals surface area contributed by atoms with E-state index in [1.54, 1.807) is 34.0 Å². The largest absolute Gasteiger partial charge is 0.479 e. The molecule has 2 saturated heterocycles. The molecule has 8 aromatic rings. The normalized spacial score (nSPS) is 15.6. The highest BCUT2D eigenvalue weighted by molar-refractivity contribution is 7.26. The number of carboxylic acid groups (broad SMARTS) is 1. The Morgan fingerprint density at radius 2 is 0.963 bits per heavy atom. The van der Waals surface area contributed by atoms with Crippen LogP contribution in [-0.2, 0) is 23.8 Å². The molecule has 0 amide bonds. The fraction of sp³-hybridized carbons (Fsp3) is 0.452. The molecule has 20 heteroatoms. The fourth-order valence-electron chi connectivity index (χ4n) is 10.4. The number of aryl methyl sites for hydroxylation is 2. The van der Waals surface area contributed by atoms with Crippen molar-refractivity contribution in [2.45, 2.75) is 126 Å². The average molecular weight is 1230 g/mol. The van der Waals surface area contributed by atoms with E-state index in [9.17, 15) is 14.7 Å². The molecule has 2 atom stereocenters. The van der Waals surface area contributed by atoms with Crippen molar-refractivity contribution < 1.29 is 28.9 Å². The van der Waals surface area contributed by atoms with Crippen LogP contribution in [-0.4, -0.2) is 129 Å². The van der Waals surface area contributed by atoms with Gasteiger partial charge in [-0.05, 0) is 149 Å². The molecule has 1 N–H and O–H groups in total. The van der Waals surface area contributed by atoms with Gasteiger partial charge in [0.15, 0.2) is 32.2 Å². The van der Waals surface area contributed by atoms with E-state index in [0.717, 1.165) is 143 Å². The second-order valence-corrected chi connectivity index (χ2v) is 27.9. The van der Waals surface area contributed by atoms with Gasteiger partial charge in [-0.1, -0.05) is 47.5 Å². The maximum atomic E-state index is 13.4. The molecule has 4 aromatic heterocycles. The Morgan fingerprint density at radius 3 is 1.32 bits per heavy atom. The summed E-state index contributed by atoms with van der Waals surface area (Å²) in [5.41, 5.74) is 7.13. The summed E-state index contributed by atoms with van der Waals surface area (Å²) in [5.74, 6) is 0.562. The summed E-state index contributed by atoms with van der Waals surface area (Å²) < 4.78 is 19.9. The number of carbonyl (C=O) groups excluding carboxylic acids is 1. The van der Waals surface area contributed by atoms with Gasteiger partial charge >= 0.3 is 11.9 Å². The minimum absolute atomic E-state index is 0.268. The van der Waals surface area contributed by atoms with E-state index in [4.69, 9.17) is 57.3 Å². The van der Waals surface area contributed by atoms with Crippen molar-refractivity contribution in [1.82, 2.24) is 29.7 Å². The second kappa shape index (κ2) is 25.6. The molecule has 436 valence electrons. The number of carbonyl (C=O) groups is 2. The van der Waals surface area contributed by atoms with Gasteiger partial charge in [0, 0.05) is 108 Å². The monoisotopic (exact) mass is 1220 g/mol. The number of aliphatic carboxylic acids is 1. The minimum atomic E-state index is -1.14. The smallest absolute Gasteiger partial charge is 0.339 e. The van der Waals surface area contributed by atoms with Gasteiger partial charge < -0.3 is 29.1 Å². The summed E-state index contributed by atoms with van der Waals surface area (Å²) in [6, 6.07) is 20.3. The fourth-order valence-corrected chi connectivity index (χ4v) is 14.7. The van der Waals surface area contributed by atoms with E-state index in [2.05, 4.69) is 58.1 Å². The highest BCUT2D eigenvalue weighted by Crippen LogP contribution is 2.47. The van der Waals surface area contributed by atoms with E-state index in [1.807, 2.05) is 123 Å². The Bertz CT molecular complexity index is 3530. The summed E-state index contributed by atoms with van der Waals surface area (Å²) in [6.07, 6.45) is -2.04. The molecule has 10 rings (SSSR count). The summed E-state index contributed by atoms with van der Waals surface area (Å²) in [5, 5.41) is 19.2. The first-order chi connectivity index (χ1) is 38.9. The van der Waals surface area contributed by atoms with E-state index < -0.39 is 35.3 Å². The van der Waals surface area contributed by atoms with Crippen molar-refractivity contribution in [2.24, 2.45) is 0 Å². The Balaban J connectivity index is 0.000000198. The number of aromatic nitrogens is 4. The molecule has 6 heterocycles. The molecule has 2 aliphatic rings. The third-order valence-corrected chi connectivity index (χ3v) is 19.0. The quantitative estimate of drug-likeness (QED) is 0.0971. The number of esters is 1. The number of nitrogens with zero attached hydrogens (tertiary/aromatic N) is 8. The van der Waals surface area contributed by atoms with Crippen LogP contribution in [0.5, 0.6) is 0 Å². The van der Waals surface area contributed by atoms with Crippen LogP contribution in [0.25, 0.3) is 62.7 Å². The van der Waals surface area contributed by atoms with Gasteiger partial charge in [0.1, 0.15) is 11.6 Å². The van der Waals surface area contributed by atoms with Crippen LogP contribution in [0.2, 0.25) is 10.0 Å². The predicted octanol–water partition coefficient (Wildman–Crippen LogP) is 15.5. The molecule has 0 saturated carbocycles. The molecular formula is C62H74Cl2N8O6S4. The van der Waals surface area contributed by atoms with Gasteiger partial charge in [0.25, 0.3) is 0 Å². The molecule has 0 radical (unpaired) electrons. The first-order valence-corrected chi connectivity index (χ1v) is 32.1. The lowest BCUT2D eigenvalue weighted by atomic mass is 9.91. The molecular weight excluding hydrogens is 1150 g/mol. The maximum Gasteiger partial charge on any atom is 0.339 e. The number of piperazine rings is 2. The van der Waals surface area contributed by atoms with Gasteiger partial charge in [-0.3, -0.25) is 9.80 Å². The van der Waals surface area contributed by atoms with Crippen molar-refractivity contribution in [3.63, 3.8) is 0 Å². The van der Waals surface area contributed by atoms with E-state index in [0.29, 0.717) is 27.7 Å². The number of hydrogen-bond donors (Lipinski definition) is 1. The Morgan fingerprint density at radius 1 is 0.585 bits per heavy atom. The van der Waals surface area contributed by atoms with Crippen molar-refractivity contribution in [1.29, 1.82) is 0 Å². The van der Waals surface area contributed by atoms with Crippen molar-refractivity contribution >= 4 is 113 Å². The van der Waals surface area contributed by atoms with E-state index in [1.165, 1.54) is 11.3 Å². The second-order valence-electron chi connectivity index (χ2n) is 23.3. The summed E-state index contributed by atoms with van der Waals surface area (Å²) in [7, 11) is 0. The van der Waals surface area contributed by atoms with Crippen molar-refractivity contribution in [2.75, 3.05) is 68.8 Å². The number of fused-ring (bicyclic) bond motifs is 2. The van der Waals surface area contributed by atoms with Crippen LogP contribution in [0.1, 0.15) is 111 Å². The van der Waals surface area contributed by atoms with Crippen molar-refractivity contribution in [3.8, 4) is 42.3 Å².